The van der Waals surface area contributed by atoms with Crippen molar-refractivity contribution in [1.29, 1.82) is 0 Å². The Bertz CT molecular complexity index is 717. The highest BCUT2D eigenvalue weighted by Crippen LogP contribution is 2.09. The Hall–Kier alpha value is -2.69. The predicted octanol–water partition coefficient (Wildman–Crippen LogP) is 2.92. The summed E-state index contributed by atoms with van der Waals surface area (Å²) < 4.78 is 13.6. The molecule has 0 heterocycles. The minimum absolute atomic E-state index is 0.0103. The quantitative estimate of drug-likeness (QED) is 0.841. The van der Waals surface area contributed by atoms with Gasteiger partial charge in [0.1, 0.15) is 5.82 Å². The third-order valence-corrected chi connectivity index (χ3v) is 3.89. The SMILES string of the molecule is CC(C)N(Cc1ccccc1)C(=O)CNC(=O)Cc1ccccc1F. The molecule has 2 aromatic rings. The molecule has 5 heteroatoms. The zero-order valence-corrected chi connectivity index (χ0v) is 14.5. The summed E-state index contributed by atoms with van der Waals surface area (Å²) in [5.41, 5.74) is 1.35. The van der Waals surface area contributed by atoms with Gasteiger partial charge in [-0.05, 0) is 31.0 Å². The van der Waals surface area contributed by atoms with Gasteiger partial charge in [-0.1, -0.05) is 48.5 Å². The first-order chi connectivity index (χ1) is 12.0. The molecule has 0 aliphatic heterocycles. The molecule has 0 bridgehead atoms. The van der Waals surface area contributed by atoms with E-state index in [1.54, 1.807) is 23.1 Å². The topological polar surface area (TPSA) is 49.4 Å². The Balaban J connectivity index is 1.90. The molecule has 1 N–H and O–H groups in total. The fraction of sp³-hybridized carbons (Fsp3) is 0.300. The van der Waals surface area contributed by atoms with Crippen LogP contribution in [0.1, 0.15) is 25.0 Å². The van der Waals surface area contributed by atoms with Crippen molar-refractivity contribution in [2.45, 2.75) is 32.9 Å². The lowest BCUT2D eigenvalue weighted by Crippen LogP contribution is -2.43. The average Bonchev–Trinajstić information content (AvgIpc) is 2.60. The predicted molar refractivity (Wildman–Crippen MR) is 95.2 cm³/mol. The molecule has 0 saturated carbocycles. The summed E-state index contributed by atoms with van der Waals surface area (Å²) in [5, 5.41) is 2.58. The van der Waals surface area contributed by atoms with Crippen molar-refractivity contribution in [2.24, 2.45) is 0 Å². The number of hydrogen-bond donors (Lipinski definition) is 1. The highest BCUT2D eigenvalue weighted by atomic mass is 19.1. The van der Waals surface area contributed by atoms with Gasteiger partial charge in [0.25, 0.3) is 0 Å². The monoisotopic (exact) mass is 342 g/mol. The molecule has 2 amide bonds. The summed E-state index contributed by atoms with van der Waals surface area (Å²) in [5.74, 6) is -0.959. The fourth-order valence-corrected chi connectivity index (χ4v) is 2.49. The molecule has 0 aliphatic rings. The van der Waals surface area contributed by atoms with E-state index >= 15 is 0 Å². The molecule has 0 atom stereocenters. The molecular formula is C20H23FN2O2. The zero-order chi connectivity index (χ0) is 18.2. The van der Waals surface area contributed by atoms with Crippen molar-refractivity contribution in [3.05, 3.63) is 71.5 Å². The lowest BCUT2D eigenvalue weighted by molar-refractivity contribution is -0.134. The minimum Gasteiger partial charge on any atom is -0.347 e. The van der Waals surface area contributed by atoms with Gasteiger partial charge < -0.3 is 10.2 Å². The van der Waals surface area contributed by atoms with Gasteiger partial charge >= 0.3 is 0 Å². The number of amides is 2. The third kappa shape index (κ3) is 5.71. The Morgan fingerprint density at radius 3 is 2.32 bits per heavy atom. The van der Waals surface area contributed by atoms with E-state index in [2.05, 4.69) is 5.32 Å². The largest absolute Gasteiger partial charge is 0.347 e. The first kappa shape index (κ1) is 18.6. The number of nitrogens with one attached hydrogen (secondary N) is 1. The minimum atomic E-state index is -0.420. The third-order valence-electron chi connectivity index (χ3n) is 3.89. The standard InChI is InChI=1S/C20H23FN2O2/c1-15(2)23(14-16-8-4-3-5-9-16)20(25)13-22-19(24)12-17-10-6-7-11-18(17)21/h3-11,15H,12-14H2,1-2H3,(H,22,24). The van der Waals surface area contributed by atoms with Crippen LogP contribution in [0.5, 0.6) is 0 Å². The number of carbonyl (C=O) groups excluding carboxylic acids is 2. The maximum Gasteiger partial charge on any atom is 0.242 e. The van der Waals surface area contributed by atoms with E-state index in [4.69, 9.17) is 0 Å². The summed E-state index contributed by atoms with van der Waals surface area (Å²) in [6, 6.07) is 15.8. The summed E-state index contributed by atoms with van der Waals surface area (Å²) in [4.78, 5) is 26.1. The van der Waals surface area contributed by atoms with E-state index in [0.29, 0.717) is 12.1 Å². The van der Waals surface area contributed by atoms with E-state index in [1.165, 1.54) is 6.07 Å². The van der Waals surface area contributed by atoms with E-state index in [-0.39, 0.29) is 30.8 Å². The van der Waals surface area contributed by atoms with E-state index in [0.717, 1.165) is 5.56 Å². The Morgan fingerprint density at radius 2 is 1.68 bits per heavy atom. The first-order valence-corrected chi connectivity index (χ1v) is 8.31. The highest BCUT2D eigenvalue weighted by molar-refractivity contribution is 5.85. The highest BCUT2D eigenvalue weighted by Gasteiger charge is 2.18. The molecule has 0 spiro atoms. The lowest BCUT2D eigenvalue weighted by Gasteiger charge is -2.27. The van der Waals surface area contributed by atoms with Crippen LogP contribution in [0, 0.1) is 5.82 Å². The molecule has 0 radical (unpaired) electrons. The molecule has 0 saturated heterocycles. The van der Waals surface area contributed by atoms with Crippen molar-refractivity contribution in [2.75, 3.05) is 6.54 Å². The summed E-state index contributed by atoms with van der Waals surface area (Å²) in [7, 11) is 0. The summed E-state index contributed by atoms with van der Waals surface area (Å²) >= 11 is 0. The molecule has 132 valence electrons. The number of carbonyl (C=O) groups is 2. The number of nitrogens with zero attached hydrogens (tertiary/aromatic N) is 1. The van der Waals surface area contributed by atoms with Crippen LogP contribution < -0.4 is 5.32 Å². The maximum atomic E-state index is 13.6. The Kier molecular flexibility index (Phi) is 6.69. The van der Waals surface area contributed by atoms with Crippen LogP contribution in [0.2, 0.25) is 0 Å². The van der Waals surface area contributed by atoms with Crippen LogP contribution in [-0.2, 0) is 22.6 Å². The number of hydrogen-bond acceptors (Lipinski definition) is 2. The molecular weight excluding hydrogens is 319 g/mol. The van der Waals surface area contributed by atoms with Crippen molar-refractivity contribution in [1.82, 2.24) is 10.2 Å². The van der Waals surface area contributed by atoms with Gasteiger partial charge in [-0.15, -0.1) is 0 Å². The number of halogens is 1. The number of benzene rings is 2. The molecule has 25 heavy (non-hydrogen) atoms. The van der Waals surface area contributed by atoms with Crippen LogP contribution in [0.15, 0.2) is 54.6 Å². The van der Waals surface area contributed by atoms with Gasteiger partial charge in [-0.3, -0.25) is 9.59 Å². The van der Waals surface area contributed by atoms with Gasteiger partial charge in [0.05, 0.1) is 13.0 Å². The second-order valence-electron chi connectivity index (χ2n) is 6.15. The molecule has 2 aromatic carbocycles. The van der Waals surface area contributed by atoms with Gasteiger partial charge in [0.15, 0.2) is 0 Å². The van der Waals surface area contributed by atoms with Crippen molar-refractivity contribution in [3.63, 3.8) is 0 Å². The van der Waals surface area contributed by atoms with Crippen LogP contribution in [0.3, 0.4) is 0 Å². The number of rotatable bonds is 7. The van der Waals surface area contributed by atoms with Gasteiger partial charge in [0.2, 0.25) is 11.8 Å². The van der Waals surface area contributed by atoms with E-state index in [9.17, 15) is 14.0 Å². The van der Waals surface area contributed by atoms with Crippen LogP contribution in [0.4, 0.5) is 4.39 Å². The molecule has 0 unspecified atom stereocenters. The van der Waals surface area contributed by atoms with Crippen LogP contribution in [-0.4, -0.2) is 29.3 Å². The van der Waals surface area contributed by atoms with Gasteiger partial charge in [0, 0.05) is 12.6 Å². The summed E-state index contributed by atoms with van der Waals surface area (Å²) in [6.45, 7) is 4.25. The van der Waals surface area contributed by atoms with E-state index in [1.807, 2.05) is 44.2 Å². The molecule has 0 aromatic heterocycles. The Labute approximate surface area is 147 Å². The average molecular weight is 342 g/mol. The van der Waals surface area contributed by atoms with E-state index < -0.39 is 5.82 Å². The molecule has 2 rings (SSSR count). The van der Waals surface area contributed by atoms with Crippen molar-refractivity contribution < 1.29 is 14.0 Å². The first-order valence-electron chi connectivity index (χ1n) is 8.31. The normalized spacial score (nSPS) is 10.6. The second-order valence-corrected chi connectivity index (χ2v) is 6.15. The van der Waals surface area contributed by atoms with Crippen LogP contribution >= 0.6 is 0 Å². The van der Waals surface area contributed by atoms with Gasteiger partial charge in [-0.25, -0.2) is 4.39 Å². The molecule has 4 nitrogen and oxygen atoms in total. The zero-order valence-electron chi connectivity index (χ0n) is 14.5. The summed E-state index contributed by atoms with van der Waals surface area (Å²) in [6.07, 6.45) is -0.0830. The fourth-order valence-electron chi connectivity index (χ4n) is 2.49. The van der Waals surface area contributed by atoms with Crippen molar-refractivity contribution in [3.8, 4) is 0 Å². The lowest BCUT2D eigenvalue weighted by atomic mass is 10.1. The van der Waals surface area contributed by atoms with Crippen LogP contribution in [0.25, 0.3) is 0 Å². The molecule has 0 fully saturated rings. The smallest absolute Gasteiger partial charge is 0.242 e. The second kappa shape index (κ2) is 8.97. The Morgan fingerprint density at radius 1 is 1.04 bits per heavy atom. The van der Waals surface area contributed by atoms with Crippen molar-refractivity contribution >= 4 is 11.8 Å². The maximum absolute atomic E-state index is 13.6. The van der Waals surface area contributed by atoms with Gasteiger partial charge in [-0.2, -0.15) is 0 Å². The molecule has 0 aliphatic carbocycles.